The van der Waals surface area contributed by atoms with Gasteiger partial charge in [-0.25, -0.2) is 4.72 Å². The molecular weight excluding hydrogens is 292 g/mol. The Bertz CT molecular complexity index is 672. The first-order valence-electron chi connectivity index (χ1n) is 6.95. The van der Waals surface area contributed by atoms with E-state index in [-0.39, 0.29) is 0 Å². The van der Waals surface area contributed by atoms with Gasteiger partial charge < -0.3 is 4.42 Å². The van der Waals surface area contributed by atoms with E-state index in [9.17, 15) is 8.42 Å². The minimum absolute atomic E-state index is 0.325. The van der Waals surface area contributed by atoms with Gasteiger partial charge in [0.1, 0.15) is 0 Å². The molecule has 0 saturated carbocycles. The van der Waals surface area contributed by atoms with Crippen molar-refractivity contribution in [2.24, 2.45) is 0 Å². The molecule has 1 fully saturated rings. The molecule has 0 aliphatic carbocycles. The fraction of sp³-hybridized carbons (Fsp3) is 0.462. The maximum Gasteiger partial charge on any atom is 0.279 e. The van der Waals surface area contributed by atoms with Crippen LogP contribution < -0.4 is 4.72 Å². The summed E-state index contributed by atoms with van der Waals surface area (Å²) in [6.07, 6.45) is 8.74. The van der Waals surface area contributed by atoms with Gasteiger partial charge in [0.25, 0.3) is 10.2 Å². The molecule has 1 aliphatic rings. The first-order valence-corrected chi connectivity index (χ1v) is 8.39. The smallest absolute Gasteiger partial charge is 0.279 e. The largest absolute Gasteiger partial charge is 0.472 e. The summed E-state index contributed by atoms with van der Waals surface area (Å²) in [7, 11) is -3.34. The average molecular weight is 310 g/mol. The number of rotatable bonds is 6. The molecular formula is C13H18N4O3S. The van der Waals surface area contributed by atoms with E-state index < -0.39 is 10.2 Å². The summed E-state index contributed by atoms with van der Waals surface area (Å²) in [5.74, 6) is 0. The summed E-state index contributed by atoms with van der Waals surface area (Å²) in [5.41, 5.74) is 1.91. The quantitative estimate of drug-likeness (QED) is 0.865. The lowest BCUT2D eigenvalue weighted by molar-refractivity contribution is 0.460. The Morgan fingerprint density at radius 2 is 2.10 bits per heavy atom. The molecule has 7 nitrogen and oxygen atoms in total. The molecule has 3 heterocycles. The van der Waals surface area contributed by atoms with Crippen LogP contribution in [0.5, 0.6) is 0 Å². The average Bonchev–Trinajstić information content (AvgIpc) is 3.20. The number of hydrogen-bond acceptors (Lipinski definition) is 4. The molecule has 0 aromatic carbocycles. The van der Waals surface area contributed by atoms with E-state index in [0.717, 1.165) is 24.0 Å². The van der Waals surface area contributed by atoms with Crippen molar-refractivity contribution in [1.29, 1.82) is 0 Å². The summed E-state index contributed by atoms with van der Waals surface area (Å²) in [6, 6.07) is 1.86. The fourth-order valence-corrected chi connectivity index (χ4v) is 3.64. The van der Waals surface area contributed by atoms with Crippen molar-refractivity contribution >= 4 is 10.2 Å². The fourth-order valence-electron chi connectivity index (χ4n) is 2.37. The van der Waals surface area contributed by atoms with Crippen LogP contribution in [0.1, 0.15) is 12.8 Å². The summed E-state index contributed by atoms with van der Waals surface area (Å²) < 4.78 is 34.8. The first kappa shape index (κ1) is 14.3. The normalized spacial score (nSPS) is 16.6. The monoisotopic (exact) mass is 310 g/mol. The maximum atomic E-state index is 12.0. The van der Waals surface area contributed by atoms with Crippen molar-refractivity contribution in [3.63, 3.8) is 0 Å². The second kappa shape index (κ2) is 6.00. The van der Waals surface area contributed by atoms with E-state index in [4.69, 9.17) is 4.42 Å². The highest BCUT2D eigenvalue weighted by Gasteiger charge is 2.24. The molecule has 0 bridgehead atoms. The Balaban J connectivity index is 1.54. The van der Waals surface area contributed by atoms with Crippen molar-refractivity contribution in [1.82, 2.24) is 18.8 Å². The van der Waals surface area contributed by atoms with Crippen molar-refractivity contribution in [3.8, 4) is 11.1 Å². The van der Waals surface area contributed by atoms with Gasteiger partial charge in [0, 0.05) is 37.0 Å². The van der Waals surface area contributed by atoms with Crippen LogP contribution in [0, 0.1) is 0 Å². The predicted molar refractivity (Wildman–Crippen MR) is 77.7 cm³/mol. The van der Waals surface area contributed by atoms with Gasteiger partial charge in [0.05, 0.1) is 25.3 Å². The van der Waals surface area contributed by atoms with E-state index in [1.165, 1.54) is 4.31 Å². The van der Waals surface area contributed by atoms with Crippen molar-refractivity contribution < 1.29 is 12.8 Å². The molecule has 21 heavy (non-hydrogen) atoms. The summed E-state index contributed by atoms with van der Waals surface area (Å²) in [5, 5.41) is 4.22. The topological polar surface area (TPSA) is 80.4 Å². The zero-order valence-corrected chi connectivity index (χ0v) is 12.4. The van der Waals surface area contributed by atoms with Gasteiger partial charge in [-0.05, 0) is 18.9 Å². The van der Waals surface area contributed by atoms with Crippen LogP contribution in [0.15, 0.2) is 35.4 Å². The van der Waals surface area contributed by atoms with E-state index in [1.54, 1.807) is 23.4 Å². The zero-order chi connectivity index (χ0) is 14.7. The molecule has 1 saturated heterocycles. The Hall–Kier alpha value is -1.64. The van der Waals surface area contributed by atoms with Gasteiger partial charge in [-0.2, -0.15) is 17.8 Å². The van der Waals surface area contributed by atoms with Gasteiger partial charge in [0.15, 0.2) is 0 Å². The summed E-state index contributed by atoms with van der Waals surface area (Å²) in [4.78, 5) is 0. The SMILES string of the molecule is O=S(=O)(NCCn1cc(-c2ccoc2)cn1)N1CCCC1. The molecule has 1 aliphatic heterocycles. The Morgan fingerprint density at radius 1 is 1.29 bits per heavy atom. The third-order valence-corrected chi connectivity index (χ3v) is 5.13. The highest BCUT2D eigenvalue weighted by atomic mass is 32.2. The number of hydrogen-bond donors (Lipinski definition) is 1. The standard InChI is InChI=1S/C13H18N4O3S/c18-21(19,17-5-1-2-6-17)15-4-7-16-10-13(9-14-16)12-3-8-20-11-12/h3,8-11,15H,1-2,4-7H2. The lowest BCUT2D eigenvalue weighted by Crippen LogP contribution is -2.40. The Labute approximate surface area is 123 Å². The number of aromatic nitrogens is 2. The minimum atomic E-state index is -3.34. The lowest BCUT2D eigenvalue weighted by atomic mass is 10.2. The third-order valence-electron chi connectivity index (χ3n) is 3.52. The molecule has 1 N–H and O–H groups in total. The molecule has 0 radical (unpaired) electrons. The Kier molecular flexibility index (Phi) is 4.09. The maximum absolute atomic E-state index is 12.0. The summed E-state index contributed by atoms with van der Waals surface area (Å²) in [6.45, 7) is 2.04. The van der Waals surface area contributed by atoms with Crippen LogP contribution in [-0.2, 0) is 16.8 Å². The molecule has 0 spiro atoms. The van der Waals surface area contributed by atoms with Crippen LogP contribution in [-0.4, -0.2) is 42.1 Å². The van der Waals surface area contributed by atoms with Crippen molar-refractivity contribution in [2.45, 2.75) is 19.4 Å². The molecule has 3 rings (SSSR count). The highest BCUT2D eigenvalue weighted by molar-refractivity contribution is 7.87. The molecule has 2 aromatic heterocycles. The Morgan fingerprint density at radius 3 is 2.81 bits per heavy atom. The molecule has 0 atom stereocenters. The third kappa shape index (κ3) is 3.34. The van der Waals surface area contributed by atoms with E-state index in [0.29, 0.717) is 26.2 Å². The van der Waals surface area contributed by atoms with Crippen LogP contribution in [0.4, 0.5) is 0 Å². The van der Waals surface area contributed by atoms with E-state index in [2.05, 4.69) is 9.82 Å². The van der Waals surface area contributed by atoms with Crippen LogP contribution in [0.3, 0.4) is 0 Å². The van der Waals surface area contributed by atoms with Gasteiger partial charge in [-0.1, -0.05) is 0 Å². The summed E-state index contributed by atoms with van der Waals surface area (Å²) >= 11 is 0. The second-order valence-corrected chi connectivity index (χ2v) is 6.76. The second-order valence-electron chi connectivity index (χ2n) is 5.01. The van der Waals surface area contributed by atoms with Gasteiger partial charge in [-0.15, -0.1) is 0 Å². The molecule has 114 valence electrons. The molecule has 0 unspecified atom stereocenters. The van der Waals surface area contributed by atoms with E-state index >= 15 is 0 Å². The van der Waals surface area contributed by atoms with Crippen molar-refractivity contribution in [2.75, 3.05) is 19.6 Å². The zero-order valence-electron chi connectivity index (χ0n) is 11.6. The van der Waals surface area contributed by atoms with Crippen molar-refractivity contribution in [3.05, 3.63) is 31.0 Å². The van der Waals surface area contributed by atoms with Gasteiger partial charge in [-0.3, -0.25) is 4.68 Å². The van der Waals surface area contributed by atoms with Crippen LogP contribution in [0.2, 0.25) is 0 Å². The van der Waals surface area contributed by atoms with Crippen LogP contribution >= 0.6 is 0 Å². The minimum Gasteiger partial charge on any atom is -0.472 e. The predicted octanol–water partition coefficient (Wildman–Crippen LogP) is 1.07. The first-order chi connectivity index (χ1) is 10.1. The van der Waals surface area contributed by atoms with Crippen LogP contribution in [0.25, 0.3) is 11.1 Å². The molecule has 8 heteroatoms. The molecule has 0 amide bonds. The highest BCUT2D eigenvalue weighted by Crippen LogP contribution is 2.18. The van der Waals surface area contributed by atoms with Gasteiger partial charge >= 0.3 is 0 Å². The lowest BCUT2D eigenvalue weighted by Gasteiger charge is -2.15. The van der Waals surface area contributed by atoms with E-state index in [1.807, 2.05) is 12.3 Å². The van der Waals surface area contributed by atoms with Gasteiger partial charge in [0.2, 0.25) is 0 Å². The molecule has 2 aromatic rings. The number of nitrogens with one attached hydrogen (secondary N) is 1. The number of furan rings is 1. The number of nitrogens with zero attached hydrogens (tertiary/aromatic N) is 3.